The van der Waals surface area contributed by atoms with E-state index in [1.807, 2.05) is 20.9 Å². The highest BCUT2D eigenvalue weighted by Crippen LogP contribution is 2.38. The third-order valence-electron chi connectivity index (χ3n) is 4.10. The van der Waals surface area contributed by atoms with Crippen LogP contribution in [0.25, 0.3) is 0 Å². The lowest BCUT2D eigenvalue weighted by Gasteiger charge is -2.21. The highest BCUT2D eigenvalue weighted by Gasteiger charge is 2.23. The number of nitrogens with one attached hydrogen (secondary N) is 1. The van der Waals surface area contributed by atoms with Crippen molar-refractivity contribution in [2.45, 2.75) is 26.3 Å². The molecule has 1 aromatic heterocycles. The van der Waals surface area contributed by atoms with Crippen molar-refractivity contribution in [1.82, 2.24) is 20.1 Å². The first-order valence-corrected chi connectivity index (χ1v) is 8.33. The van der Waals surface area contributed by atoms with Crippen LogP contribution in [0.1, 0.15) is 31.3 Å². The fourth-order valence-corrected chi connectivity index (χ4v) is 2.76. The molecular weight excluding hydrogens is 336 g/mol. The zero-order chi connectivity index (χ0) is 19.3. The van der Waals surface area contributed by atoms with Crippen LogP contribution in [0, 0.1) is 5.92 Å². The topological polar surface area (TPSA) is 87.5 Å². The normalized spacial score (nSPS) is 12.0. The molecule has 0 radical (unpaired) electrons. The standard InChI is InChI=1S/C18H26N4O4/c1-11(2)16(18-19-10-20-22(18)3)21-15(23)9-12-7-13(24-4)17(26-6)14(8-12)25-5/h7-8,10-11,16H,9H2,1-6H3,(H,21,23)/t16-/m0/s1. The van der Waals surface area contributed by atoms with Crippen molar-refractivity contribution >= 4 is 5.91 Å². The van der Waals surface area contributed by atoms with Crippen LogP contribution in [-0.4, -0.2) is 42.0 Å². The molecule has 1 N–H and O–H groups in total. The van der Waals surface area contributed by atoms with Crippen LogP contribution in [-0.2, 0) is 18.3 Å². The van der Waals surface area contributed by atoms with E-state index in [0.29, 0.717) is 17.2 Å². The van der Waals surface area contributed by atoms with Crippen molar-refractivity contribution in [3.8, 4) is 17.2 Å². The summed E-state index contributed by atoms with van der Waals surface area (Å²) in [6.07, 6.45) is 1.66. The van der Waals surface area contributed by atoms with Crippen molar-refractivity contribution in [3.63, 3.8) is 0 Å². The second-order valence-electron chi connectivity index (χ2n) is 6.24. The van der Waals surface area contributed by atoms with Gasteiger partial charge in [0.1, 0.15) is 12.2 Å². The number of carbonyl (C=O) groups excluding carboxylic acids is 1. The molecule has 0 spiro atoms. The fraction of sp³-hybridized carbons (Fsp3) is 0.500. The van der Waals surface area contributed by atoms with Crippen LogP contribution in [0.3, 0.4) is 0 Å². The Morgan fingerprint density at radius 3 is 2.19 bits per heavy atom. The number of aryl methyl sites for hydroxylation is 1. The molecule has 1 amide bonds. The summed E-state index contributed by atoms with van der Waals surface area (Å²) < 4.78 is 17.7. The number of hydrogen-bond acceptors (Lipinski definition) is 6. The van der Waals surface area contributed by atoms with Gasteiger partial charge in [-0.05, 0) is 23.6 Å². The minimum Gasteiger partial charge on any atom is -0.493 e. The van der Waals surface area contributed by atoms with Gasteiger partial charge >= 0.3 is 0 Å². The maximum absolute atomic E-state index is 12.6. The fourth-order valence-electron chi connectivity index (χ4n) is 2.76. The molecule has 0 aliphatic rings. The van der Waals surface area contributed by atoms with Gasteiger partial charge in [0.25, 0.3) is 0 Å². The molecule has 0 saturated heterocycles. The summed E-state index contributed by atoms with van der Waals surface area (Å²) in [4.78, 5) is 16.9. The van der Waals surface area contributed by atoms with Crippen molar-refractivity contribution < 1.29 is 19.0 Å². The van der Waals surface area contributed by atoms with Gasteiger partial charge in [-0.3, -0.25) is 9.48 Å². The SMILES string of the molecule is COc1cc(CC(=O)N[C@H](c2ncnn2C)C(C)C)cc(OC)c1OC. The third kappa shape index (κ3) is 4.25. The van der Waals surface area contributed by atoms with Gasteiger partial charge in [0, 0.05) is 7.05 Å². The van der Waals surface area contributed by atoms with Crippen LogP contribution < -0.4 is 19.5 Å². The number of amides is 1. The minimum absolute atomic E-state index is 0.124. The number of benzene rings is 1. The summed E-state index contributed by atoms with van der Waals surface area (Å²) in [5.74, 6) is 2.30. The van der Waals surface area contributed by atoms with Crippen molar-refractivity contribution in [1.29, 1.82) is 0 Å². The van der Waals surface area contributed by atoms with Crippen molar-refractivity contribution in [3.05, 3.63) is 29.8 Å². The van der Waals surface area contributed by atoms with Crippen LogP contribution in [0.5, 0.6) is 17.2 Å². The number of methoxy groups -OCH3 is 3. The first-order valence-electron chi connectivity index (χ1n) is 8.33. The molecule has 2 rings (SSSR count). The summed E-state index contributed by atoms with van der Waals surface area (Å²) in [6, 6.07) is 3.32. The highest BCUT2D eigenvalue weighted by molar-refractivity contribution is 5.79. The molecule has 0 bridgehead atoms. The molecule has 2 aromatic rings. The first kappa shape index (κ1) is 19.6. The molecule has 1 heterocycles. The second-order valence-corrected chi connectivity index (χ2v) is 6.24. The van der Waals surface area contributed by atoms with E-state index in [4.69, 9.17) is 14.2 Å². The highest BCUT2D eigenvalue weighted by atomic mass is 16.5. The zero-order valence-electron chi connectivity index (χ0n) is 16.1. The van der Waals surface area contributed by atoms with E-state index < -0.39 is 0 Å². The molecule has 0 unspecified atom stereocenters. The van der Waals surface area contributed by atoms with E-state index in [9.17, 15) is 4.79 Å². The van der Waals surface area contributed by atoms with Crippen LogP contribution in [0.15, 0.2) is 18.5 Å². The van der Waals surface area contributed by atoms with Gasteiger partial charge in [0.2, 0.25) is 11.7 Å². The Morgan fingerprint density at radius 1 is 1.15 bits per heavy atom. The van der Waals surface area contributed by atoms with E-state index >= 15 is 0 Å². The number of hydrogen-bond donors (Lipinski definition) is 1. The quantitative estimate of drug-likeness (QED) is 0.772. The zero-order valence-corrected chi connectivity index (χ0v) is 16.1. The molecule has 8 heteroatoms. The average Bonchev–Trinajstić information content (AvgIpc) is 3.04. The van der Waals surface area contributed by atoms with Crippen molar-refractivity contribution in [2.24, 2.45) is 13.0 Å². The number of ether oxygens (including phenoxy) is 3. The summed E-state index contributed by atoms with van der Waals surface area (Å²) in [6.45, 7) is 4.05. The van der Waals surface area contributed by atoms with Gasteiger partial charge in [-0.2, -0.15) is 5.10 Å². The minimum atomic E-state index is -0.225. The van der Waals surface area contributed by atoms with Gasteiger partial charge in [0.05, 0.1) is 33.8 Å². The van der Waals surface area contributed by atoms with Gasteiger partial charge in [-0.25, -0.2) is 4.98 Å². The van der Waals surface area contributed by atoms with Gasteiger partial charge < -0.3 is 19.5 Å². The predicted molar refractivity (Wildman–Crippen MR) is 96.5 cm³/mol. The maximum atomic E-state index is 12.6. The lowest BCUT2D eigenvalue weighted by Crippen LogP contribution is -2.34. The number of aromatic nitrogens is 3. The Morgan fingerprint density at radius 2 is 1.77 bits per heavy atom. The molecule has 26 heavy (non-hydrogen) atoms. The Bertz CT molecular complexity index is 732. The molecule has 1 aromatic carbocycles. The Labute approximate surface area is 153 Å². The monoisotopic (exact) mass is 362 g/mol. The predicted octanol–water partition coefficient (Wildman–Crippen LogP) is 1.90. The first-order chi connectivity index (χ1) is 12.4. The Kier molecular flexibility index (Phi) is 6.43. The van der Waals surface area contributed by atoms with E-state index in [0.717, 1.165) is 11.4 Å². The summed E-state index contributed by atoms with van der Waals surface area (Å²) in [5.41, 5.74) is 0.762. The van der Waals surface area contributed by atoms with Gasteiger partial charge in [-0.15, -0.1) is 0 Å². The summed E-state index contributed by atoms with van der Waals surface area (Å²) in [5, 5.41) is 7.12. The van der Waals surface area contributed by atoms with Crippen LogP contribution in [0.4, 0.5) is 0 Å². The molecule has 0 fully saturated rings. The maximum Gasteiger partial charge on any atom is 0.225 e. The summed E-state index contributed by atoms with van der Waals surface area (Å²) >= 11 is 0. The smallest absolute Gasteiger partial charge is 0.225 e. The molecule has 142 valence electrons. The van der Waals surface area contributed by atoms with E-state index in [1.165, 1.54) is 6.33 Å². The third-order valence-corrected chi connectivity index (χ3v) is 4.10. The molecule has 1 atom stereocenters. The Balaban J connectivity index is 2.20. The molecule has 0 aliphatic heterocycles. The van der Waals surface area contributed by atoms with Crippen LogP contribution >= 0.6 is 0 Å². The summed E-state index contributed by atoms with van der Waals surface area (Å²) in [7, 11) is 6.44. The van der Waals surface area contributed by atoms with E-state index in [1.54, 1.807) is 38.1 Å². The van der Waals surface area contributed by atoms with Gasteiger partial charge in [0.15, 0.2) is 11.5 Å². The molecule has 0 saturated carbocycles. The molecule has 0 aliphatic carbocycles. The number of carbonyl (C=O) groups is 1. The number of rotatable bonds is 8. The lowest BCUT2D eigenvalue weighted by atomic mass is 10.0. The lowest BCUT2D eigenvalue weighted by molar-refractivity contribution is -0.121. The largest absolute Gasteiger partial charge is 0.493 e. The van der Waals surface area contributed by atoms with E-state index in [2.05, 4.69) is 15.4 Å². The van der Waals surface area contributed by atoms with E-state index in [-0.39, 0.29) is 24.3 Å². The second kappa shape index (κ2) is 8.55. The number of nitrogens with zero attached hydrogens (tertiary/aromatic N) is 3. The van der Waals surface area contributed by atoms with Crippen molar-refractivity contribution in [2.75, 3.05) is 21.3 Å². The molecule has 8 nitrogen and oxygen atoms in total. The van der Waals surface area contributed by atoms with Gasteiger partial charge in [-0.1, -0.05) is 13.8 Å². The molecular formula is C18H26N4O4. The van der Waals surface area contributed by atoms with Crippen LogP contribution in [0.2, 0.25) is 0 Å². The average molecular weight is 362 g/mol. The Hall–Kier alpha value is -2.77.